The summed E-state index contributed by atoms with van der Waals surface area (Å²) >= 11 is 0. The van der Waals surface area contributed by atoms with Crippen molar-refractivity contribution in [2.45, 2.75) is 0 Å². The minimum Gasteiger partial charge on any atom is -0.407 e. The van der Waals surface area contributed by atoms with E-state index in [1.165, 1.54) is 0 Å². The van der Waals surface area contributed by atoms with E-state index >= 15 is 0 Å². The van der Waals surface area contributed by atoms with Gasteiger partial charge in [-0.1, -0.05) is 36.4 Å². The van der Waals surface area contributed by atoms with Crippen LogP contribution in [0.15, 0.2) is 48.5 Å². The molecule has 2 heteroatoms. The van der Waals surface area contributed by atoms with Gasteiger partial charge in [-0.15, -0.1) is 0 Å². The molecule has 2 rings (SSSR count). The summed E-state index contributed by atoms with van der Waals surface area (Å²) in [6, 6.07) is 15.5. The monoisotopic (exact) mass is 194 g/mol. The molecule has 72 valence electrons. The van der Waals surface area contributed by atoms with Crippen molar-refractivity contribution in [1.82, 2.24) is 0 Å². The zero-order valence-electron chi connectivity index (χ0n) is 8.14. The van der Waals surface area contributed by atoms with Crippen LogP contribution in [0.5, 0.6) is 0 Å². The Balaban J connectivity index is 2.52. The molecule has 2 nitrogen and oxygen atoms in total. The number of nitrogens with two attached hydrogens (primary N) is 1. The quantitative estimate of drug-likeness (QED) is 0.546. The van der Waals surface area contributed by atoms with E-state index in [2.05, 4.69) is 4.85 Å². The second kappa shape index (κ2) is 3.85. The van der Waals surface area contributed by atoms with E-state index in [4.69, 9.17) is 12.3 Å². The van der Waals surface area contributed by atoms with Crippen molar-refractivity contribution >= 4 is 11.4 Å². The predicted molar refractivity (Wildman–Crippen MR) is 62.6 cm³/mol. The van der Waals surface area contributed by atoms with Gasteiger partial charge >= 0.3 is 0 Å². The highest BCUT2D eigenvalue weighted by Gasteiger charge is 2.01. The molecule has 0 atom stereocenters. The van der Waals surface area contributed by atoms with Crippen LogP contribution in [0.4, 0.5) is 11.4 Å². The van der Waals surface area contributed by atoms with Gasteiger partial charge in [-0.2, -0.15) is 0 Å². The molecule has 2 aromatic rings. The summed E-state index contributed by atoms with van der Waals surface area (Å²) in [5.41, 5.74) is 8.83. The lowest BCUT2D eigenvalue weighted by atomic mass is 10.0. The number of rotatable bonds is 1. The number of anilines is 1. The molecular weight excluding hydrogens is 184 g/mol. The Bertz CT molecular complexity index is 510. The third-order valence-electron chi connectivity index (χ3n) is 2.26. The van der Waals surface area contributed by atoms with Crippen molar-refractivity contribution in [3.8, 4) is 11.1 Å². The zero-order valence-corrected chi connectivity index (χ0v) is 8.14. The van der Waals surface area contributed by atoms with E-state index < -0.39 is 0 Å². The molecule has 0 fully saturated rings. The minimum absolute atomic E-state index is 0.511. The fourth-order valence-electron chi connectivity index (χ4n) is 1.45. The Kier molecular flexibility index (Phi) is 2.38. The maximum Gasteiger partial charge on any atom is 0.209 e. The third kappa shape index (κ3) is 1.82. The van der Waals surface area contributed by atoms with E-state index in [-0.39, 0.29) is 0 Å². The molecule has 0 unspecified atom stereocenters. The second-order valence-corrected chi connectivity index (χ2v) is 3.25. The second-order valence-electron chi connectivity index (χ2n) is 3.25. The summed E-state index contributed by atoms with van der Waals surface area (Å²) in [4.78, 5) is 3.38. The number of hydrogen-bond acceptors (Lipinski definition) is 1. The lowest BCUT2D eigenvalue weighted by Gasteiger charge is -2.03. The largest absolute Gasteiger partial charge is 0.407 e. The number of nitrogen functional groups attached to an aromatic ring is 1. The smallest absolute Gasteiger partial charge is 0.209 e. The molecule has 0 saturated heterocycles. The lowest BCUT2D eigenvalue weighted by molar-refractivity contribution is 1.62. The molecule has 0 radical (unpaired) electrons. The van der Waals surface area contributed by atoms with Crippen LogP contribution in [0, 0.1) is 6.57 Å². The van der Waals surface area contributed by atoms with Gasteiger partial charge < -0.3 is 5.73 Å². The topological polar surface area (TPSA) is 30.4 Å². The molecule has 0 bridgehead atoms. The van der Waals surface area contributed by atoms with Gasteiger partial charge in [0.05, 0.1) is 6.57 Å². The SMILES string of the molecule is [C-]#[N+]c1cc(-c2ccccc2)ccc1N. The van der Waals surface area contributed by atoms with Crippen LogP contribution in [-0.4, -0.2) is 0 Å². The van der Waals surface area contributed by atoms with Crippen LogP contribution in [0.2, 0.25) is 0 Å². The van der Waals surface area contributed by atoms with E-state index in [1.807, 2.05) is 42.5 Å². The van der Waals surface area contributed by atoms with Gasteiger partial charge in [-0.05, 0) is 23.3 Å². The summed E-state index contributed by atoms with van der Waals surface area (Å²) < 4.78 is 0. The summed E-state index contributed by atoms with van der Waals surface area (Å²) in [6.07, 6.45) is 0. The minimum atomic E-state index is 0.511. The molecule has 0 heterocycles. The maximum absolute atomic E-state index is 6.99. The Labute approximate surface area is 88.8 Å². The van der Waals surface area contributed by atoms with Gasteiger partial charge in [-0.3, -0.25) is 0 Å². The first kappa shape index (κ1) is 9.29. The highest BCUT2D eigenvalue weighted by Crippen LogP contribution is 2.28. The van der Waals surface area contributed by atoms with Crippen LogP contribution < -0.4 is 5.73 Å². The van der Waals surface area contributed by atoms with Crippen LogP contribution in [0.25, 0.3) is 16.0 Å². The molecule has 2 aromatic carbocycles. The highest BCUT2D eigenvalue weighted by molar-refractivity contribution is 5.76. The lowest BCUT2D eigenvalue weighted by Crippen LogP contribution is -1.85. The molecule has 0 spiro atoms. The Morgan fingerprint density at radius 3 is 2.33 bits per heavy atom. The molecule has 0 amide bonds. The van der Waals surface area contributed by atoms with Crippen molar-refractivity contribution < 1.29 is 0 Å². The average Bonchev–Trinajstić information content (AvgIpc) is 2.31. The number of nitrogens with zero attached hydrogens (tertiary/aromatic N) is 1. The average molecular weight is 194 g/mol. The molecule has 0 aliphatic rings. The fraction of sp³-hybridized carbons (Fsp3) is 0. The van der Waals surface area contributed by atoms with E-state index in [9.17, 15) is 0 Å². The summed E-state index contributed by atoms with van der Waals surface area (Å²) in [5.74, 6) is 0. The van der Waals surface area contributed by atoms with Crippen LogP contribution in [0.1, 0.15) is 0 Å². The first-order valence-corrected chi connectivity index (χ1v) is 4.63. The highest BCUT2D eigenvalue weighted by atomic mass is 14.7. The fourth-order valence-corrected chi connectivity index (χ4v) is 1.45. The standard InChI is InChI=1S/C13H10N2/c1-15-13-9-11(7-8-12(13)14)10-5-3-2-4-6-10/h2-9H,14H2. The molecule has 0 aromatic heterocycles. The molecular formula is C13H10N2. The van der Waals surface area contributed by atoms with Crippen LogP contribution in [0.3, 0.4) is 0 Å². The van der Waals surface area contributed by atoms with E-state index in [1.54, 1.807) is 6.07 Å². The first-order chi connectivity index (χ1) is 7.31. The van der Waals surface area contributed by atoms with Gasteiger partial charge in [0.1, 0.15) is 0 Å². The Morgan fingerprint density at radius 2 is 1.67 bits per heavy atom. The van der Waals surface area contributed by atoms with Gasteiger partial charge in [0.2, 0.25) is 5.69 Å². The van der Waals surface area contributed by atoms with Crippen molar-refractivity contribution in [2.75, 3.05) is 5.73 Å². The van der Waals surface area contributed by atoms with Crippen molar-refractivity contribution in [3.05, 3.63) is 59.9 Å². The number of hydrogen-bond donors (Lipinski definition) is 1. The van der Waals surface area contributed by atoms with Gasteiger partial charge in [0, 0.05) is 5.69 Å². The Hall–Kier alpha value is -2.27. The third-order valence-corrected chi connectivity index (χ3v) is 2.26. The normalized spacial score (nSPS) is 9.53. The summed E-state index contributed by atoms with van der Waals surface area (Å²) in [6.45, 7) is 6.99. The number of benzene rings is 2. The molecule has 0 saturated carbocycles. The van der Waals surface area contributed by atoms with Crippen molar-refractivity contribution in [3.63, 3.8) is 0 Å². The van der Waals surface area contributed by atoms with Crippen molar-refractivity contribution in [1.29, 1.82) is 0 Å². The Morgan fingerprint density at radius 1 is 0.933 bits per heavy atom. The first-order valence-electron chi connectivity index (χ1n) is 4.63. The van der Waals surface area contributed by atoms with Gasteiger partial charge in [0.25, 0.3) is 0 Å². The van der Waals surface area contributed by atoms with Crippen LogP contribution >= 0.6 is 0 Å². The summed E-state index contributed by atoms with van der Waals surface area (Å²) in [7, 11) is 0. The maximum atomic E-state index is 6.99. The zero-order chi connectivity index (χ0) is 10.7. The van der Waals surface area contributed by atoms with E-state index in [0.717, 1.165) is 11.1 Å². The molecule has 0 aliphatic heterocycles. The molecule has 2 N–H and O–H groups in total. The van der Waals surface area contributed by atoms with Crippen molar-refractivity contribution in [2.24, 2.45) is 0 Å². The summed E-state index contributed by atoms with van der Waals surface area (Å²) in [5, 5.41) is 0. The van der Waals surface area contributed by atoms with Gasteiger partial charge in [-0.25, -0.2) is 4.85 Å². The van der Waals surface area contributed by atoms with E-state index in [0.29, 0.717) is 11.4 Å². The molecule has 15 heavy (non-hydrogen) atoms. The van der Waals surface area contributed by atoms with Gasteiger partial charge in [0.15, 0.2) is 0 Å². The van der Waals surface area contributed by atoms with Crippen LogP contribution in [-0.2, 0) is 0 Å². The predicted octanol–water partition coefficient (Wildman–Crippen LogP) is 3.49. The molecule has 0 aliphatic carbocycles.